The molecule has 3 aliphatic rings. The molecule has 0 aromatic rings. The van der Waals surface area contributed by atoms with E-state index in [1.165, 1.54) is 57.9 Å². The van der Waals surface area contributed by atoms with Gasteiger partial charge in [-0.2, -0.15) is 0 Å². The molecule has 0 spiro atoms. The van der Waals surface area contributed by atoms with Crippen molar-refractivity contribution in [1.29, 1.82) is 0 Å². The average Bonchev–Trinajstić information content (AvgIpc) is 2.98. The van der Waals surface area contributed by atoms with E-state index in [0.717, 1.165) is 36.3 Å². The van der Waals surface area contributed by atoms with Crippen LogP contribution in [0.5, 0.6) is 0 Å². The largest absolute Gasteiger partial charge is 0.330 e. The summed E-state index contributed by atoms with van der Waals surface area (Å²) >= 11 is 0. The Kier molecular flexibility index (Phi) is 3.72. The fraction of sp³-hybridized carbons (Fsp3) is 1.00. The zero-order chi connectivity index (χ0) is 11.7. The van der Waals surface area contributed by atoms with Crippen LogP contribution in [0.3, 0.4) is 0 Å². The molecule has 3 fully saturated rings. The SMILES string of the molecule is NCC1CCCCC1NCC1CC2CCC1C2. The fourth-order valence-electron chi connectivity index (χ4n) is 4.69. The van der Waals surface area contributed by atoms with Crippen LogP contribution in [0.2, 0.25) is 0 Å². The van der Waals surface area contributed by atoms with Crippen LogP contribution in [-0.2, 0) is 0 Å². The van der Waals surface area contributed by atoms with E-state index in [1.54, 1.807) is 0 Å². The first-order valence-corrected chi connectivity index (χ1v) is 7.80. The molecule has 17 heavy (non-hydrogen) atoms. The van der Waals surface area contributed by atoms with Gasteiger partial charge < -0.3 is 11.1 Å². The maximum absolute atomic E-state index is 5.90. The van der Waals surface area contributed by atoms with Gasteiger partial charge in [0.05, 0.1) is 0 Å². The molecule has 3 aliphatic carbocycles. The van der Waals surface area contributed by atoms with Crippen LogP contribution in [0.15, 0.2) is 0 Å². The van der Waals surface area contributed by atoms with Crippen LogP contribution in [0.25, 0.3) is 0 Å². The lowest BCUT2D eigenvalue weighted by Crippen LogP contribution is -2.44. The van der Waals surface area contributed by atoms with E-state index in [-0.39, 0.29) is 0 Å². The van der Waals surface area contributed by atoms with Gasteiger partial charge in [0.15, 0.2) is 0 Å². The number of rotatable bonds is 4. The van der Waals surface area contributed by atoms with Crippen molar-refractivity contribution in [3.8, 4) is 0 Å². The lowest BCUT2D eigenvalue weighted by Gasteiger charge is -2.33. The quantitative estimate of drug-likeness (QED) is 0.787. The summed E-state index contributed by atoms with van der Waals surface area (Å²) in [6.07, 6.45) is 11.6. The first-order chi connectivity index (χ1) is 8.36. The highest BCUT2D eigenvalue weighted by atomic mass is 14.9. The highest BCUT2D eigenvalue weighted by Gasteiger charge is 2.39. The number of hydrogen-bond acceptors (Lipinski definition) is 2. The van der Waals surface area contributed by atoms with Gasteiger partial charge in [0.2, 0.25) is 0 Å². The van der Waals surface area contributed by atoms with Crippen molar-refractivity contribution in [2.45, 2.75) is 57.4 Å². The summed E-state index contributed by atoms with van der Waals surface area (Å²) < 4.78 is 0. The van der Waals surface area contributed by atoms with Gasteiger partial charge >= 0.3 is 0 Å². The molecule has 0 saturated heterocycles. The molecule has 0 radical (unpaired) electrons. The van der Waals surface area contributed by atoms with Gasteiger partial charge in [-0.25, -0.2) is 0 Å². The molecule has 5 atom stereocenters. The molecule has 2 nitrogen and oxygen atoms in total. The van der Waals surface area contributed by atoms with Crippen LogP contribution < -0.4 is 11.1 Å². The minimum absolute atomic E-state index is 0.730. The summed E-state index contributed by atoms with van der Waals surface area (Å²) in [4.78, 5) is 0. The van der Waals surface area contributed by atoms with Crippen LogP contribution >= 0.6 is 0 Å². The zero-order valence-electron chi connectivity index (χ0n) is 11.0. The average molecular weight is 236 g/mol. The second-order valence-corrected chi connectivity index (χ2v) is 6.73. The molecule has 3 saturated carbocycles. The minimum atomic E-state index is 0.730. The van der Waals surface area contributed by atoms with Crippen LogP contribution in [0.4, 0.5) is 0 Å². The molecular formula is C15H28N2. The predicted octanol–water partition coefficient (Wildman–Crippen LogP) is 2.53. The lowest BCUT2D eigenvalue weighted by atomic mass is 9.83. The Hall–Kier alpha value is -0.0800. The van der Waals surface area contributed by atoms with Crippen LogP contribution in [-0.4, -0.2) is 19.1 Å². The van der Waals surface area contributed by atoms with Gasteiger partial charge in [0, 0.05) is 6.04 Å². The van der Waals surface area contributed by atoms with E-state index < -0.39 is 0 Å². The maximum Gasteiger partial charge on any atom is 0.0107 e. The van der Waals surface area contributed by atoms with E-state index >= 15 is 0 Å². The molecule has 3 N–H and O–H groups in total. The Bertz CT molecular complexity index is 253. The van der Waals surface area contributed by atoms with Crippen molar-refractivity contribution in [3.63, 3.8) is 0 Å². The third-order valence-corrected chi connectivity index (χ3v) is 5.74. The molecule has 0 heterocycles. The van der Waals surface area contributed by atoms with Crippen molar-refractivity contribution >= 4 is 0 Å². The standard InChI is InChI=1S/C15H28N2/c16-9-13-3-1-2-4-15(13)17-10-14-8-11-5-6-12(14)7-11/h11-15,17H,1-10,16H2. The van der Waals surface area contributed by atoms with Crippen LogP contribution in [0.1, 0.15) is 51.4 Å². The summed E-state index contributed by atoms with van der Waals surface area (Å²) in [5.41, 5.74) is 5.90. The molecular weight excluding hydrogens is 208 g/mol. The molecule has 98 valence electrons. The second-order valence-electron chi connectivity index (χ2n) is 6.73. The smallest absolute Gasteiger partial charge is 0.0107 e. The normalized spacial score (nSPS) is 45.4. The summed E-state index contributed by atoms with van der Waals surface area (Å²) in [5.74, 6) is 3.90. The van der Waals surface area contributed by atoms with E-state index in [2.05, 4.69) is 5.32 Å². The monoisotopic (exact) mass is 236 g/mol. The predicted molar refractivity (Wildman–Crippen MR) is 71.7 cm³/mol. The number of nitrogens with one attached hydrogen (secondary N) is 1. The summed E-state index contributed by atoms with van der Waals surface area (Å²) in [6.45, 7) is 2.16. The second kappa shape index (κ2) is 5.27. The molecule has 0 aliphatic heterocycles. The third-order valence-electron chi connectivity index (χ3n) is 5.74. The molecule has 3 rings (SSSR count). The first-order valence-electron chi connectivity index (χ1n) is 7.80. The molecule has 0 amide bonds. The molecule has 5 unspecified atom stereocenters. The van der Waals surface area contributed by atoms with Crippen LogP contribution in [0, 0.1) is 23.7 Å². The molecule has 0 aromatic carbocycles. The Balaban J connectivity index is 1.46. The van der Waals surface area contributed by atoms with Crippen molar-refractivity contribution in [1.82, 2.24) is 5.32 Å². The summed E-state index contributed by atoms with van der Waals surface area (Å²) in [7, 11) is 0. The zero-order valence-corrected chi connectivity index (χ0v) is 11.0. The Labute approximate surface area is 106 Å². The summed E-state index contributed by atoms with van der Waals surface area (Å²) in [6, 6.07) is 0.730. The Morgan fingerprint density at radius 1 is 0.941 bits per heavy atom. The number of fused-ring (bicyclic) bond motifs is 2. The van der Waals surface area contributed by atoms with Crippen molar-refractivity contribution in [2.24, 2.45) is 29.4 Å². The van der Waals surface area contributed by atoms with Gasteiger partial charge in [0.1, 0.15) is 0 Å². The highest BCUT2D eigenvalue weighted by Crippen LogP contribution is 2.48. The van der Waals surface area contributed by atoms with E-state index in [4.69, 9.17) is 5.73 Å². The number of nitrogens with two attached hydrogens (primary N) is 1. The topological polar surface area (TPSA) is 38.0 Å². The Morgan fingerprint density at radius 2 is 1.82 bits per heavy atom. The van der Waals surface area contributed by atoms with E-state index in [9.17, 15) is 0 Å². The maximum atomic E-state index is 5.90. The molecule has 2 heteroatoms. The van der Waals surface area contributed by atoms with Gasteiger partial charge in [-0.15, -0.1) is 0 Å². The summed E-state index contributed by atoms with van der Waals surface area (Å²) in [5, 5.41) is 3.87. The lowest BCUT2D eigenvalue weighted by molar-refractivity contribution is 0.236. The highest BCUT2D eigenvalue weighted by molar-refractivity contribution is 4.92. The van der Waals surface area contributed by atoms with Gasteiger partial charge in [-0.1, -0.05) is 19.3 Å². The fourth-order valence-corrected chi connectivity index (χ4v) is 4.69. The third kappa shape index (κ3) is 2.53. The number of hydrogen-bond donors (Lipinski definition) is 2. The van der Waals surface area contributed by atoms with Crippen molar-refractivity contribution < 1.29 is 0 Å². The van der Waals surface area contributed by atoms with E-state index in [0.29, 0.717) is 0 Å². The van der Waals surface area contributed by atoms with Crippen molar-refractivity contribution in [3.05, 3.63) is 0 Å². The van der Waals surface area contributed by atoms with Gasteiger partial charge in [-0.3, -0.25) is 0 Å². The van der Waals surface area contributed by atoms with Gasteiger partial charge in [0.25, 0.3) is 0 Å². The Morgan fingerprint density at radius 3 is 2.53 bits per heavy atom. The van der Waals surface area contributed by atoms with Gasteiger partial charge in [-0.05, 0) is 68.9 Å². The molecule has 0 aromatic heterocycles. The van der Waals surface area contributed by atoms with E-state index in [1.807, 2.05) is 0 Å². The first kappa shape index (κ1) is 12.0. The minimum Gasteiger partial charge on any atom is -0.330 e. The molecule has 2 bridgehead atoms. The van der Waals surface area contributed by atoms with Crippen molar-refractivity contribution in [2.75, 3.05) is 13.1 Å².